The van der Waals surface area contributed by atoms with Gasteiger partial charge in [-0.2, -0.15) is 0 Å². The third-order valence-electron chi connectivity index (χ3n) is 3.42. The van der Waals surface area contributed by atoms with Crippen molar-refractivity contribution in [2.45, 2.75) is 6.61 Å². The Labute approximate surface area is 150 Å². The quantitative estimate of drug-likeness (QED) is 0.746. The van der Waals surface area contributed by atoms with E-state index >= 15 is 0 Å². The highest BCUT2D eigenvalue weighted by Gasteiger charge is 2.10. The van der Waals surface area contributed by atoms with Crippen molar-refractivity contribution in [2.75, 3.05) is 5.73 Å². The molecule has 1 aromatic heterocycles. The van der Waals surface area contributed by atoms with Gasteiger partial charge in [0.2, 0.25) is 0 Å². The summed E-state index contributed by atoms with van der Waals surface area (Å²) in [5.41, 5.74) is 8.60. The lowest BCUT2D eigenvalue weighted by molar-refractivity contribution is 0.307. The standard InChI is InChI=1S/C18H14Cl2N2O.H2O/c19-15-7-4-8-16(20)14(15)11-23-17-9-13(10-22-18(17)21)12-5-2-1-3-6-12;/h1-10H,11H2,(H2,21,22);1H2. The fourth-order valence-electron chi connectivity index (χ4n) is 2.18. The van der Waals surface area contributed by atoms with Crippen LogP contribution in [0.5, 0.6) is 5.75 Å². The molecular formula is C18H16Cl2N2O2. The van der Waals surface area contributed by atoms with E-state index in [9.17, 15) is 0 Å². The maximum Gasteiger partial charge on any atom is 0.166 e. The van der Waals surface area contributed by atoms with Gasteiger partial charge >= 0.3 is 0 Å². The van der Waals surface area contributed by atoms with Crippen molar-refractivity contribution in [1.82, 2.24) is 4.98 Å². The second-order valence-corrected chi connectivity index (χ2v) is 5.78. The average molecular weight is 363 g/mol. The first-order chi connectivity index (χ1) is 11.1. The van der Waals surface area contributed by atoms with E-state index in [-0.39, 0.29) is 12.1 Å². The maximum atomic E-state index is 6.15. The number of halogens is 2. The number of hydrogen-bond donors (Lipinski definition) is 1. The van der Waals surface area contributed by atoms with Crippen molar-refractivity contribution in [1.29, 1.82) is 0 Å². The number of pyridine rings is 1. The van der Waals surface area contributed by atoms with Gasteiger partial charge in [-0.15, -0.1) is 0 Å². The Bertz CT molecular complexity index is 806. The molecule has 0 radical (unpaired) electrons. The first kappa shape index (κ1) is 18.1. The number of nitrogens with zero attached hydrogens (tertiary/aromatic N) is 1. The first-order valence-corrected chi connectivity index (χ1v) is 7.77. The third-order valence-corrected chi connectivity index (χ3v) is 4.13. The Hall–Kier alpha value is -2.27. The Morgan fingerprint density at radius 2 is 1.58 bits per heavy atom. The molecule has 0 spiro atoms. The monoisotopic (exact) mass is 362 g/mol. The summed E-state index contributed by atoms with van der Waals surface area (Å²) in [6.45, 7) is 0.225. The molecule has 0 amide bonds. The van der Waals surface area contributed by atoms with E-state index in [0.717, 1.165) is 16.7 Å². The van der Waals surface area contributed by atoms with Crippen molar-refractivity contribution in [2.24, 2.45) is 0 Å². The molecule has 3 aromatic rings. The van der Waals surface area contributed by atoms with Crippen molar-refractivity contribution < 1.29 is 10.2 Å². The normalized spacial score (nSPS) is 10.1. The van der Waals surface area contributed by atoms with Crippen molar-refractivity contribution in [3.05, 3.63) is 76.4 Å². The van der Waals surface area contributed by atoms with E-state index in [0.29, 0.717) is 21.6 Å². The summed E-state index contributed by atoms with van der Waals surface area (Å²) in [6, 6.07) is 17.1. The van der Waals surface area contributed by atoms with E-state index in [1.54, 1.807) is 24.4 Å². The summed E-state index contributed by atoms with van der Waals surface area (Å²) < 4.78 is 5.79. The summed E-state index contributed by atoms with van der Waals surface area (Å²) in [6.07, 6.45) is 1.72. The molecule has 0 bridgehead atoms. The van der Waals surface area contributed by atoms with E-state index in [1.807, 2.05) is 36.4 Å². The van der Waals surface area contributed by atoms with Crippen LogP contribution in [-0.2, 0) is 6.61 Å². The van der Waals surface area contributed by atoms with Crippen LogP contribution in [0.2, 0.25) is 10.0 Å². The minimum atomic E-state index is 0. The van der Waals surface area contributed by atoms with Crippen molar-refractivity contribution in [3.63, 3.8) is 0 Å². The van der Waals surface area contributed by atoms with Gasteiger partial charge in [0.05, 0.1) is 0 Å². The minimum Gasteiger partial charge on any atom is -0.485 e. The zero-order chi connectivity index (χ0) is 16.2. The molecule has 124 valence electrons. The number of nitrogen functional groups attached to an aromatic ring is 1. The molecule has 0 aliphatic carbocycles. The number of rotatable bonds is 4. The molecule has 0 aliphatic rings. The Morgan fingerprint density at radius 1 is 0.917 bits per heavy atom. The molecular weight excluding hydrogens is 347 g/mol. The average Bonchev–Trinajstić information content (AvgIpc) is 2.57. The molecule has 3 rings (SSSR count). The molecule has 0 unspecified atom stereocenters. The van der Waals surface area contributed by atoms with Gasteiger partial charge < -0.3 is 15.9 Å². The summed E-state index contributed by atoms with van der Waals surface area (Å²) in [5, 5.41) is 1.12. The molecule has 0 atom stereocenters. The Balaban J connectivity index is 0.00000208. The van der Waals surface area contributed by atoms with Crippen molar-refractivity contribution in [3.8, 4) is 16.9 Å². The number of benzene rings is 2. The van der Waals surface area contributed by atoms with Crippen LogP contribution in [0.25, 0.3) is 11.1 Å². The molecule has 1 heterocycles. The molecule has 0 saturated heterocycles. The van der Waals surface area contributed by atoms with E-state index in [2.05, 4.69) is 4.98 Å². The fourth-order valence-corrected chi connectivity index (χ4v) is 2.69. The summed E-state index contributed by atoms with van der Waals surface area (Å²) in [5.74, 6) is 0.829. The predicted molar refractivity (Wildman–Crippen MR) is 98.5 cm³/mol. The second kappa shape index (κ2) is 8.02. The fraction of sp³-hybridized carbons (Fsp3) is 0.0556. The molecule has 4 nitrogen and oxygen atoms in total. The molecule has 24 heavy (non-hydrogen) atoms. The lowest BCUT2D eigenvalue weighted by Crippen LogP contribution is -2.02. The van der Waals surface area contributed by atoms with Gasteiger partial charge in [0.1, 0.15) is 6.61 Å². The Kier molecular flexibility index (Phi) is 6.04. The van der Waals surface area contributed by atoms with Crippen LogP contribution >= 0.6 is 23.2 Å². The summed E-state index contributed by atoms with van der Waals surface area (Å²) in [7, 11) is 0. The van der Waals surface area contributed by atoms with Gasteiger partial charge in [0, 0.05) is 27.4 Å². The highest BCUT2D eigenvalue weighted by Crippen LogP contribution is 2.30. The topological polar surface area (TPSA) is 79.6 Å². The van der Waals surface area contributed by atoms with Crippen LogP contribution in [0.3, 0.4) is 0 Å². The molecule has 4 N–H and O–H groups in total. The molecule has 0 aliphatic heterocycles. The van der Waals surface area contributed by atoms with Crippen molar-refractivity contribution >= 4 is 29.0 Å². The first-order valence-electron chi connectivity index (χ1n) is 7.02. The van der Waals surface area contributed by atoms with E-state index in [4.69, 9.17) is 33.7 Å². The van der Waals surface area contributed by atoms with Gasteiger partial charge in [-0.05, 0) is 23.8 Å². The second-order valence-electron chi connectivity index (χ2n) is 4.96. The van der Waals surface area contributed by atoms with Gasteiger partial charge in [-0.3, -0.25) is 0 Å². The van der Waals surface area contributed by atoms with Gasteiger partial charge in [0.25, 0.3) is 0 Å². The highest BCUT2D eigenvalue weighted by molar-refractivity contribution is 6.35. The third kappa shape index (κ3) is 3.97. The van der Waals surface area contributed by atoms with Gasteiger partial charge in [-0.1, -0.05) is 59.6 Å². The van der Waals surface area contributed by atoms with Crippen LogP contribution in [0.15, 0.2) is 60.8 Å². The highest BCUT2D eigenvalue weighted by atomic mass is 35.5. The number of ether oxygens (including phenoxy) is 1. The number of anilines is 1. The Morgan fingerprint density at radius 3 is 2.25 bits per heavy atom. The van der Waals surface area contributed by atoms with Crippen LogP contribution in [0.1, 0.15) is 5.56 Å². The molecule has 2 aromatic carbocycles. The van der Waals surface area contributed by atoms with E-state index in [1.165, 1.54) is 0 Å². The molecule has 0 saturated carbocycles. The number of hydrogen-bond acceptors (Lipinski definition) is 3. The summed E-state index contributed by atoms with van der Waals surface area (Å²) in [4.78, 5) is 4.20. The predicted octanol–water partition coefficient (Wildman–Crippen LogP) is 4.39. The van der Waals surface area contributed by atoms with E-state index < -0.39 is 0 Å². The largest absolute Gasteiger partial charge is 0.485 e. The van der Waals surface area contributed by atoms with Crippen LogP contribution < -0.4 is 10.5 Å². The van der Waals surface area contributed by atoms with Gasteiger partial charge in [-0.25, -0.2) is 4.98 Å². The lowest BCUT2D eigenvalue weighted by atomic mass is 10.1. The number of nitrogens with two attached hydrogens (primary N) is 1. The maximum absolute atomic E-state index is 6.15. The lowest BCUT2D eigenvalue weighted by Gasteiger charge is -2.12. The zero-order valence-electron chi connectivity index (χ0n) is 12.7. The molecule has 0 fully saturated rings. The van der Waals surface area contributed by atoms with Crippen LogP contribution in [0, 0.1) is 0 Å². The van der Waals surface area contributed by atoms with Gasteiger partial charge in [0.15, 0.2) is 11.6 Å². The van der Waals surface area contributed by atoms with Crippen LogP contribution in [0.4, 0.5) is 5.82 Å². The molecule has 6 heteroatoms. The smallest absolute Gasteiger partial charge is 0.166 e. The zero-order valence-corrected chi connectivity index (χ0v) is 14.2. The minimum absolute atomic E-state index is 0. The van der Waals surface area contributed by atoms with Crippen LogP contribution in [-0.4, -0.2) is 10.5 Å². The summed E-state index contributed by atoms with van der Waals surface area (Å²) >= 11 is 12.3. The number of aromatic nitrogens is 1. The SMILES string of the molecule is Nc1ncc(-c2ccccc2)cc1OCc1c(Cl)cccc1Cl.O.